The van der Waals surface area contributed by atoms with E-state index in [0.717, 1.165) is 41.8 Å². The minimum atomic E-state index is -0.253. The quantitative estimate of drug-likeness (QED) is 0.840. The molecule has 128 valence electrons. The van der Waals surface area contributed by atoms with Gasteiger partial charge in [0.15, 0.2) is 5.82 Å². The van der Waals surface area contributed by atoms with Crippen molar-refractivity contribution in [1.82, 2.24) is 20.1 Å². The monoisotopic (exact) mass is 391 g/mol. The molecule has 2 N–H and O–H groups in total. The molecule has 1 aromatic heterocycles. The summed E-state index contributed by atoms with van der Waals surface area (Å²) in [7, 11) is 1.82. The number of piperidine rings is 1. The van der Waals surface area contributed by atoms with Gasteiger partial charge >= 0.3 is 0 Å². The molecule has 2 heterocycles. The van der Waals surface area contributed by atoms with Gasteiger partial charge in [0.25, 0.3) is 0 Å². The zero-order chi connectivity index (χ0) is 17.1. The number of nitrogens with one attached hydrogen (secondary N) is 2. The second-order valence-corrected chi connectivity index (χ2v) is 7.12. The van der Waals surface area contributed by atoms with E-state index in [0.29, 0.717) is 11.9 Å². The average Bonchev–Trinajstić information content (AvgIpc) is 2.96. The van der Waals surface area contributed by atoms with E-state index >= 15 is 0 Å². The summed E-state index contributed by atoms with van der Waals surface area (Å²) in [5.41, 5.74) is 0.969. The van der Waals surface area contributed by atoms with Crippen LogP contribution in [0.1, 0.15) is 43.0 Å². The summed E-state index contributed by atoms with van der Waals surface area (Å²) in [5, 5.41) is 10.7. The van der Waals surface area contributed by atoms with E-state index in [9.17, 15) is 4.79 Å². The number of carbonyl (C=O) groups excluding carboxylic acids is 1. The highest BCUT2D eigenvalue weighted by Crippen LogP contribution is 2.24. The molecule has 1 unspecified atom stereocenters. The Bertz CT molecular complexity index is 706. The average molecular weight is 392 g/mol. The standard InChI is InChI=1S/C17H22BrN5O/c1-11(12-3-5-14(18)6-4-12)16(24)21-17-20-15(22-23(17)2)13-7-9-19-10-8-13/h3-6,11,13,19H,7-10H2,1-2H3,(H,20,21,22,24). The summed E-state index contributed by atoms with van der Waals surface area (Å²) < 4.78 is 2.66. The third-order valence-corrected chi connectivity index (χ3v) is 5.01. The van der Waals surface area contributed by atoms with Crippen LogP contribution in [0.2, 0.25) is 0 Å². The molecular weight excluding hydrogens is 370 g/mol. The Labute approximate surface area is 150 Å². The Morgan fingerprint density at radius 3 is 2.67 bits per heavy atom. The van der Waals surface area contributed by atoms with E-state index in [1.165, 1.54) is 0 Å². The van der Waals surface area contributed by atoms with Crippen molar-refractivity contribution in [1.29, 1.82) is 0 Å². The number of hydrogen-bond acceptors (Lipinski definition) is 4. The second-order valence-electron chi connectivity index (χ2n) is 6.20. The minimum absolute atomic E-state index is 0.0790. The molecule has 3 rings (SSSR count). The highest BCUT2D eigenvalue weighted by Gasteiger charge is 2.22. The zero-order valence-corrected chi connectivity index (χ0v) is 15.5. The molecule has 24 heavy (non-hydrogen) atoms. The summed E-state index contributed by atoms with van der Waals surface area (Å²) in [6.07, 6.45) is 2.07. The zero-order valence-electron chi connectivity index (χ0n) is 13.9. The summed E-state index contributed by atoms with van der Waals surface area (Å²) in [4.78, 5) is 17.1. The van der Waals surface area contributed by atoms with Crippen LogP contribution in [0, 0.1) is 0 Å². The predicted octanol–water partition coefficient (Wildman–Crippen LogP) is 2.79. The molecule has 0 spiro atoms. The van der Waals surface area contributed by atoms with Crippen LogP contribution < -0.4 is 10.6 Å². The molecule has 1 aliphatic heterocycles. The molecule has 0 bridgehead atoms. The van der Waals surface area contributed by atoms with Gasteiger partial charge < -0.3 is 5.32 Å². The maximum atomic E-state index is 12.5. The second kappa shape index (κ2) is 7.44. The van der Waals surface area contributed by atoms with Crippen LogP contribution in [-0.2, 0) is 11.8 Å². The topological polar surface area (TPSA) is 71.8 Å². The van der Waals surface area contributed by atoms with Gasteiger partial charge in [-0.15, -0.1) is 0 Å². The number of benzene rings is 1. The lowest BCUT2D eigenvalue weighted by molar-refractivity contribution is -0.117. The highest BCUT2D eigenvalue weighted by molar-refractivity contribution is 9.10. The first-order chi connectivity index (χ1) is 11.5. The van der Waals surface area contributed by atoms with Crippen LogP contribution in [0.25, 0.3) is 0 Å². The van der Waals surface area contributed by atoms with Crippen molar-refractivity contribution in [2.45, 2.75) is 31.6 Å². The van der Waals surface area contributed by atoms with E-state index < -0.39 is 0 Å². The van der Waals surface area contributed by atoms with Crippen molar-refractivity contribution in [3.63, 3.8) is 0 Å². The lowest BCUT2D eigenvalue weighted by atomic mass is 9.98. The number of rotatable bonds is 4. The normalized spacial score (nSPS) is 16.8. The van der Waals surface area contributed by atoms with Crippen LogP contribution >= 0.6 is 15.9 Å². The van der Waals surface area contributed by atoms with E-state index in [4.69, 9.17) is 0 Å². The molecule has 6 nitrogen and oxygen atoms in total. The molecule has 0 radical (unpaired) electrons. The number of hydrogen-bond donors (Lipinski definition) is 2. The molecule has 7 heteroatoms. The molecule has 1 saturated heterocycles. The van der Waals surface area contributed by atoms with Gasteiger partial charge in [0.05, 0.1) is 5.92 Å². The molecule has 1 atom stereocenters. The number of aromatic nitrogens is 3. The lowest BCUT2D eigenvalue weighted by Crippen LogP contribution is -2.27. The molecule has 0 aliphatic carbocycles. The Hall–Kier alpha value is -1.73. The number of amides is 1. The SMILES string of the molecule is CC(C(=O)Nc1nc(C2CCNCC2)nn1C)c1ccc(Br)cc1. The van der Waals surface area contributed by atoms with Crippen LogP contribution in [0.4, 0.5) is 5.95 Å². The Kier molecular flexibility index (Phi) is 5.30. The van der Waals surface area contributed by atoms with E-state index in [2.05, 4.69) is 36.6 Å². The number of carbonyl (C=O) groups is 1. The first kappa shape index (κ1) is 17.1. The fraction of sp³-hybridized carbons (Fsp3) is 0.471. The number of aryl methyl sites for hydroxylation is 1. The van der Waals surface area contributed by atoms with Crippen LogP contribution in [0.5, 0.6) is 0 Å². The third-order valence-electron chi connectivity index (χ3n) is 4.48. The van der Waals surface area contributed by atoms with Gasteiger partial charge in [-0.3, -0.25) is 10.1 Å². The Morgan fingerprint density at radius 2 is 2.00 bits per heavy atom. The van der Waals surface area contributed by atoms with Crippen LogP contribution in [0.15, 0.2) is 28.7 Å². The fourth-order valence-electron chi connectivity index (χ4n) is 2.89. The predicted molar refractivity (Wildman–Crippen MR) is 97.0 cm³/mol. The van der Waals surface area contributed by atoms with Crippen molar-refractivity contribution in [2.24, 2.45) is 7.05 Å². The molecule has 0 saturated carbocycles. The number of anilines is 1. The van der Waals surface area contributed by atoms with Crippen molar-refractivity contribution >= 4 is 27.8 Å². The van der Waals surface area contributed by atoms with Gasteiger partial charge in [-0.05, 0) is 50.6 Å². The van der Waals surface area contributed by atoms with Gasteiger partial charge in [0.1, 0.15) is 0 Å². The number of halogens is 1. The molecule has 2 aromatic rings. The van der Waals surface area contributed by atoms with Crippen molar-refractivity contribution in [2.75, 3.05) is 18.4 Å². The molecular formula is C17H22BrN5O. The fourth-order valence-corrected chi connectivity index (χ4v) is 3.15. The summed E-state index contributed by atoms with van der Waals surface area (Å²) in [5.74, 6) is 1.37. The number of nitrogens with zero attached hydrogens (tertiary/aromatic N) is 3. The van der Waals surface area contributed by atoms with Gasteiger partial charge in [0.2, 0.25) is 11.9 Å². The first-order valence-electron chi connectivity index (χ1n) is 8.22. The molecule has 1 fully saturated rings. The summed E-state index contributed by atoms with van der Waals surface area (Å²) in [6, 6.07) is 7.78. The third kappa shape index (κ3) is 3.84. The van der Waals surface area contributed by atoms with Gasteiger partial charge in [-0.1, -0.05) is 28.1 Å². The van der Waals surface area contributed by atoms with E-state index in [1.807, 2.05) is 38.2 Å². The summed E-state index contributed by atoms with van der Waals surface area (Å²) in [6.45, 7) is 3.87. The van der Waals surface area contributed by atoms with Crippen LogP contribution in [0.3, 0.4) is 0 Å². The highest BCUT2D eigenvalue weighted by atomic mass is 79.9. The van der Waals surface area contributed by atoms with Crippen LogP contribution in [-0.4, -0.2) is 33.8 Å². The van der Waals surface area contributed by atoms with Gasteiger partial charge in [-0.2, -0.15) is 10.1 Å². The van der Waals surface area contributed by atoms with Crippen molar-refractivity contribution in [3.8, 4) is 0 Å². The van der Waals surface area contributed by atoms with Crippen molar-refractivity contribution < 1.29 is 4.79 Å². The van der Waals surface area contributed by atoms with E-state index in [-0.39, 0.29) is 11.8 Å². The minimum Gasteiger partial charge on any atom is -0.317 e. The van der Waals surface area contributed by atoms with Gasteiger partial charge in [-0.25, -0.2) is 4.68 Å². The first-order valence-corrected chi connectivity index (χ1v) is 9.02. The van der Waals surface area contributed by atoms with Gasteiger partial charge in [0, 0.05) is 17.4 Å². The maximum absolute atomic E-state index is 12.5. The molecule has 1 amide bonds. The Balaban J connectivity index is 1.69. The maximum Gasteiger partial charge on any atom is 0.233 e. The lowest BCUT2D eigenvalue weighted by Gasteiger charge is -2.19. The van der Waals surface area contributed by atoms with E-state index in [1.54, 1.807) is 4.68 Å². The molecule has 1 aromatic carbocycles. The van der Waals surface area contributed by atoms with Crippen molar-refractivity contribution in [3.05, 3.63) is 40.1 Å². The largest absolute Gasteiger partial charge is 0.317 e. The summed E-state index contributed by atoms with van der Waals surface area (Å²) >= 11 is 3.41. The smallest absolute Gasteiger partial charge is 0.233 e. The molecule has 1 aliphatic rings. The Morgan fingerprint density at radius 1 is 1.33 bits per heavy atom.